The van der Waals surface area contributed by atoms with Crippen LogP contribution in [0.25, 0.3) is 5.69 Å². The van der Waals surface area contributed by atoms with Gasteiger partial charge in [0.2, 0.25) is 0 Å². The minimum Gasteiger partial charge on any atom is -0.465 e. The van der Waals surface area contributed by atoms with Crippen molar-refractivity contribution in [2.24, 2.45) is 17.8 Å². The SMILES string of the molecule is CCCSc1c(C(=O)N[C@@]23CCC[C@H]4CC2C[C@@H](C4)C3)cnn1-c1ccc(C(=O)OC)cc1. The number of rotatable bonds is 7. The van der Waals surface area contributed by atoms with Crippen LogP contribution in [0.2, 0.25) is 0 Å². The van der Waals surface area contributed by atoms with Crippen LogP contribution in [-0.2, 0) is 4.74 Å². The maximum Gasteiger partial charge on any atom is 0.337 e. The molecular formula is C26H33N3O3S. The summed E-state index contributed by atoms with van der Waals surface area (Å²) in [4.78, 5) is 25.4. The van der Waals surface area contributed by atoms with Gasteiger partial charge >= 0.3 is 5.97 Å². The molecule has 0 aliphatic heterocycles. The molecule has 5 rings (SSSR count). The molecule has 1 aromatic heterocycles. The lowest BCUT2D eigenvalue weighted by Gasteiger charge is -2.35. The van der Waals surface area contributed by atoms with Crippen LogP contribution in [0.3, 0.4) is 0 Å². The molecule has 4 atom stereocenters. The van der Waals surface area contributed by atoms with Gasteiger partial charge in [-0.25, -0.2) is 9.48 Å². The Hall–Kier alpha value is -2.28. The average molecular weight is 468 g/mol. The van der Waals surface area contributed by atoms with Crippen molar-refractivity contribution in [2.45, 2.75) is 68.9 Å². The van der Waals surface area contributed by atoms with Gasteiger partial charge in [0.25, 0.3) is 5.91 Å². The predicted octanol–water partition coefficient (Wildman–Crippen LogP) is 5.25. The summed E-state index contributed by atoms with van der Waals surface area (Å²) in [5.41, 5.74) is 1.94. The van der Waals surface area contributed by atoms with E-state index in [4.69, 9.17) is 4.74 Å². The number of benzene rings is 1. The molecule has 6 nitrogen and oxygen atoms in total. The number of nitrogens with one attached hydrogen (secondary N) is 1. The highest BCUT2D eigenvalue weighted by molar-refractivity contribution is 7.99. The number of thioether (sulfide) groups is 1. The van der Waals surface area contributed by atoms with E-state index in [9.17, 15) is 9.59 Å². The number of hydrogen-bond acceptors (Lipinski definition) is 5. The molecule has 0 spiro atoms. The summed E-state index contributed by atoms with van der Waals surface area (Å²) in [6, 6.07) is 7.16. The van der Waals surface area contributed by atoms with E-state index in [1.165, 1.54) is 39.2 Å². The maximum absolute atomic E-state index is 13.7. The van der Waals surface area contributed by atoms with Crippen LogP contribution in [-0.4, -0.2) is 40.1 Å². The number of carbonyl (C=O) groups is 2. The molecule has 0 saturated heterocycles. The van der Waals surface area contributed by atoms with E-state index in [-0.39, 0.29) is 17.4 Å². The molecule has 1 heterocycles. The van der Waals surface area contributed by atoms with Gasteiger partial charge in [0.15, 0.2) is 0 Å². The molecule has 1 N–H and O–H groups in total. The monoisotopic (exact) mass is 467 g/mol. The Balaban J connectivity index is 1.43. The van der Waals surface area contributed by atoms with Crippen molar-refractivity contribution in [2.75, 3.05) is 12.9 Å². The highest BCUT2D eigenvalue weighted by Crippen LogP contribution is 2.55. The normalized spacial score (nSPS) is 27.9. The predicted molar refractivity (Wildman–Crippen MR) is 129 cm³/mol. The van der Waals surface area contributed by atoms with Crippen molar-refractivity contribution in [3.05, 3.63) is 41.6 Å². The third-order valence-corrected chi connectivity index (χ3v) is 9.16. The van der Waals surface area contributed by atoms with Crippen molar-refractivity contribution in [1.29, 1.82) is 0 Å². The second kappa shape index (κ2) is 9.16. The van der Waals surface area contributed by atoms with E-state index in [1.54, 1.807) is 30.1 Å². The zero-order chi connectivity index (χ0) is 23.0. The van der Waals surface area contributed by atoms with Crippen LogP contribution < -0.4 is 5.32 Å². The second-order valence-electron chi connectivity index (χ2n) is 10.0. The molecule has 3 bridgehead atoms. The number of aromatic nitrogens is 2. The third-order valence-electron chi connectivity index (χ3n) is 7.88. The molecule has 3 aliphatic carbocycles. The van der Waals surface area contributed by atoms with Crippen molar-refractivity contribution in [3.63, 3.8) is 0 Å². The van der Waals surface area contributed by atoms with Crippen LogP contribution in [0.15, 0.2) is 35.5 Å². The van der Waals surface area contributed by atoms with E-state index >= 15 is 0 Å². The summed E-state index contributed by atoms with van der Waals surface area (Å²) in [7, 11) is 1.38. The van der Waals surface area contributed by atoms with E-state index in [2.05, 4.69) is 17.3 Å². The van der Waals surface area contributed by atoms with Crippen molar-refractivity contribution < 1.29 is 14.3 Å². The average Bonchev–Trinajstić information content (AvgIpc) is 3.31. The number of amides is 1. The van der Waals surface area contributed by atoms with E-state index in [0.717, 1.165) is 47.6 Å². The van der Waals surface area contributed by atoms with Crippen molar-refractivity contribution in [1.82, 2.24) is 15.1 Å². The molecule has 3 saturated carbocycles. The minimum absolute atomic E-state index is 0.0111. The zero-order valence-corrected chi connectivity index (χ0v) is 20.3. The summed E-state index contributed by atoms with van der Waals surface area (Å²) < 4.78 is 6.62. The number of nitrogens with zero attached hydrogens (tertiary/aromatic N) is 2. The summed E-state index contributed by atoms with van der Waals surface area (Å²) in [5.74, 6) is 2.82. The van der Waals surface area contributed by atoms with Gasteiger partial charge in [-0.1, -0.05) is 19.8 Å². The van der Waals surface area contributed by atoms with Gasteiger partial charge in [-0.05, 0) is 86.3 Å². The fraction of sp³-hybridized carbons (Fsp3) is 0.577. The Morgan fingerprint density at radius 2 is 2.00 bits per heavy atom. The lowest BCUT2D eigenvalue weighted by Crippen LogP contribution is -2.50. The first-order valence-corrected chi connectivity index (χ1v) is 13.2. The van der Waals surface area contributed by atoms with Crippen LogP contribution in [0.4, 0.5) is 0 Å². The van der Waals surface area contributed by atoms with Gasteiger partial charge in [0, 0.05) is 5.54 Å². The van der Waals surface area contributed by atoms with E-state index in [0.29, 0.717) is 17.0 Å². The zero-order valence-electron chi connectivity index (χ0n) is 19.5. The first-order valence-electron chi connectivity index (χ1n) is 12.2. The van der Waals surface area contributed by atoms with E-state index in [1.807, 2.05) is 16.8 Å². The Labute approximate surface area is 199 Å². The molecule has 1 aromatic carbocycles. The molecule has 7 heteroatoms. The standard InChI is InChI=1S/C26H33N3O3S/c1-3-11-33-24-22(16-27-29(24)21-8-6-19(7-9-21)25(31)32-2)23(30)28-26-10-4-5-17-12-18(15-26)14-20(26)13-17/h6-9,16-18,20H,3-5,10-15H2,1-2H3,(H,28,30)/t17-,18-,20?,26-/m1/s1. The van der Waals surface area contributed by atoms with Crippen LogP contribution in [0, 0.1) is 17.8 Å². The molecule has 33 heavy (non-hydrogen) atoms. The number of ether oxygens (including phenoxy) is 1. The second-order valence-corrected chi connectivity index (χ2v) is 11.1. The van der Waals surface area contributed by atoms with Gasteiger partial charge in [-0.2, -0.15) is 5.10 Å². The maximum atomic E-state index is 13.7. The molecule has 2 aromatic rings. The Kier molecular flexibility index (Phi) is 6.25. The number of methoxy groups -OCH3 is 1. The van der Waals surface area contributed by atoms with Gasteiger partial charge < -0.3 is 10.1 Å². The van der Waals surface area contributed by atoms with Crippen LogP contribution in [0.1, 0.15) is 79.0 Å². The summed E-state index contributed by atoms with van der Waals surface area (Å²) in [5, 5.41) is 9.01. The number of carbonyl (C=O) groups excluding carboxylic acids is 2. The summed E-state index contributed by atoms with van der Waals surface area (Å²) in [6.07, 6.45) is 11.4. The summed E-state index contributed by atoms with van der Waals surface area (Å²) in [6.45, 7) is 2.14. The number of hydrogen-bond donors (Lipinski definition) is 1. The molecule has 3 aliphatic rings. The molecular weight excluding hydrogens is 434 g/mol. The Morgan fingerprint density at radius 1 is 1.21 bits per heavy atom. The quantitative estimate of drug-likeness (QED) is 0.445. The van der Waals surface area contributed by atoms with Gasteiger partial charge in [-0.15, -0.1) is 11.8 Å². The largest absolute Gasteiger partial charge is 0.465 e. The van der Waals surface area contributed by atoms with Gasteiger partial charge in [0.05, 0.1) is 30.1 Å². The lowest BCUT2D eigenvalue weighted by molar-refractivity contribution is 0.0600. The highest BCUT2D eigenvalue weighted by atomic mass is 32.2. The summed E-state index contributed by atoms with van der Waals surface area (Å²) >= 11 is 1.66. The van der Waals surface area contributed by atoms with Crippen molar-refractivity contribution >= 4 is 23.6 Å². The number of fused-ring (bicyclic) bond motifs is 2. The van der Waals surface area contributed by atoms with E-state index < -0.39 is 0 Å². The first-order chi connectivity index (χ1) is 16.0. The smallest absolute Gasteiger partial charge is 0.337 e. The Morgan fingerprint density at radius 3 is 2.76 bits per heavy atom. The molecule has 0 radical (unpaired) electrons. The van der Waals surface area contributed by atoms with Crippen LogP contribution in [0.5, 0.6) is 0 Å². The fourth-order valence-electron chi connectivity index (χ4n) is 6.49. The van der Waals surface area contributed by atoms with Gasteiger partial charge in [-0.3, -0.25) is 4.79 Å². The third kappa shape index (κ3) is 4.20. The van der Waals surface area contributed by atoms with Crippen LogP contribution >= 0.6 is 11.8 Å². The van der Waals surface area contributed by atoms with Gasteiger partial charge in [0.1, 0.15) is 5.03 Å². The topological polar surface area (TPSA) is 73.2 Å². The number of esters is 1. The molecule has 1 amide bonds. The minimum atomic E-state index is -0.366. The van der Waals surface area contributed by atoms with Crippen molar-refractivity contribution in [3.8, 4) is 5.69 Å². The molecule has 176 valence electrons. The first kappa shape index (κ1) is 22.5. The molecule has 1 unspecified atom stereocenters. The fourth-order valence-corrected chi connectivity index (χ4v) is 7.47. The highest BCUT2D eigenvalue weighted by Gasteiger charge is 2.53. The Bertz CT molecular complexity index is 1030. The lowest BCUT2D eigenvalue weighted by atomic mass is 9.79. The molecule has 3 fully saturated rings.